The summed E-state index contributed by atoms with van der Waals surface area (Å²) in [5, 5.41) is 9.40. The Morgan fingerprint density at radius 1 is 1.10 bits per heavy atom. The van der Waals surface area contributed by atoms with Crippen molar-refractivity contribution >= 4 is 23.5 Å². The molecule has 0 bridgehead atoms. The van der Waals surface area contributed by atoms with E-state index < -0.39 is 11.9 Å². The van der Waals surface area contributed by atoms with Gasteiger partial charge in [-0.3, -0.25) is 0 Å². The molecule has 0 saturated carbocycles. The van der Waals surface area contributed by atoms with Crippen molar-refractivity contribution in [3.05, 3.63) is 58.6 Å². The molecular weight excluding hydrogens is 280 g/mol. The van der Waals surface area contributed by atoms with Crippen LogP contribution in [-0.2, 0) is 4.74 Å². The summed E-state index contributed by atoms with van der Waals surface area (Å²) >= 11 is 5.92. The van der Waals surface area contributed by atoms with Crippen LogP contribution in [0.3, 0.4) is 0 Å². The second kappa shape index (κ2) is 5.75. The quantitative estimate of drug-likeness (QED) is 0.879. The summed E-state index contributed by atoms with van der Waals surface area (Å²) in [5.74, 6) is -1.54. The molecule has 0 aromatic heterocycles. The fourth-order valence-electron chi connectivity index (χ4n) is 1.89. The highest BCUT2D eigenvalue weighted by atomic mass is 35.5. The van der Waals surface area contributed by atoms with E-state index in [1.807, 2.05) is 0 Å². The second-order valence-corrected chi connectivity index (χ2v) is 4.44. The molecule has 0 aliphatic rings. The summed E-state index contributed by atoms with van der Waals surface area (Å²) in [6.07, 6.45) is 0. The molecular formula is C15H11ClO4. The molecule has 102 valence electrons. The van der Waals surface area contributed by atoms with Crippen molar-refractivity contribution in [2.24, 2.45) is 0 Å². The van der Waals surface area contributed by atoms with Crippen molar-refractivity contribution < 1.29 is 19.4 Å². The lowest BCUT2D eigenvalue weighted by molar-refractivity contribution is 0.0599. The Kier molecular flexibility index (Phi) is 4.05. The first kappa shape index (κ1) is 14.1. The number of ether oxygens (including phenoxy) is 1. The number of hydrogen-bond donors (Lipinski definition) is 1. The van der Waals surface area contributed by atoms with E-state index >= 15 is 0 Å². The van der Waals surface area contributed by atoms with Crippen molar-refractivity contribution in [3.63, 3.8) is 0 Å². The molecule has 4 nitrogen and oxygen atoms in total. The van der Waals surface area contributed by atoms with Gasteiger partial charge >= 0.3 is 11.9 Å². The van der Waals surface area contributed by atoms with Crippen LogP contribution in [0, 0.1) is 0 Å². The number of esters is 1. The molecule has 0 saturated heterocycles. The minimum Gasteiger partial charge on any atom is -0.478 e. The van der Waals surface area contributed by atoms with Crippen molar-refractivity contribution in [1.29, 1.82) is 0 Å². The molecule has 5 heteroatoms. The van der Waals surface area contributed by atoms with E-state index in [2.05, 4.69) is 4.74 Å². The van der Waals surface area contributed by atoms with Crippen LogP contribution < -0.4 is 0 Å². The van der Waals surface area contributed by atoms with Crippen molar-refractivity contribution in [3.8, 4) is 11.1 Å². The number of carboxylic acids is 1. The average molecular weight is 291 g/mol. The van der Waals surface area contributed by atoms with Gasteiger partial charge in [0.1, 0.15) is 0 Å². The summed E-state index contributed by atoms with van der Waals surface area (Å²) in [5.41, 5.74) is 1.61. The highest BCUT2D eigenvalue weighted by Crippen LogP contribution is 2.29. The van der Waals surface area contributed by atoms with E-state index in [4.69, 9.17) is 11.6 Å². The van der Waals surface area contributed by atoms with Crippen molar-refractivity contribution in [1.82, 2.24) is 0 Å². The highest BCUT2D eigenvalue weighted by Gasteiger charge is 2.15. The molecule has 0 atom stereocenters. The van der Waals surface area contributed by atoms with Crippen LogP contribution in [0.1, 0.15) is 20.7 Å². The standard InChI is InChI=1S/C15H11ClO4/c1-20-15(19)10-7-5-9(6-8-10)11-3-2-4-12(16)13(11)14(17)18/h2-8H,1H3,(H,17,18). The molecule has 2 aromatic rings. The Morgan fingerprint density at radius 2 is 1.75 bits per heavy atom. The van der Waals surface area contributed by atoms with Crippen molar-refractivity contribution in [2.45, 2.75) is 0 Å². The molecule has 2 aromatic carbocycles. The SMILES string of the molecule is COC(=O)c1ccc(-c2cccc(Cl)c2C(=O)O)cc1. The van der Waals surface area contributed by atoms with Gasteiger partial charge in [0.05, 0.1) is 23.3 Å². The maximum atomic E-state index is 11.4. The third-order valence-corrected chi connectivity index (χ3v) is 3.16. The Bertz CT molecular complexity index is 662. The molecule has 2 rings (SSSR count). The maximum absolute atomic E-state index is 11.4. The number of carbonyl (C=O) groups is 2. The molecule has 0 fully saturated rings. The third-order valence-electron chi connectivity index (χ3n) is 2.84. The molecule has 0 aliphatic heterocycles. The van der Waals surface area contributed by atoms with Gasteiger partial charge in [-0.1, -0.05) is 35.9 Å². The average Bonchev–Trinajstić information content (AvgIpc) is 2.46. The van der Waals surface area contributed by atoms with Crippen LogP contribution in [0.15, 0.2) is 42.5 Å². The first-order valence-corrected chi connectivity index (χ1v) is 6.13. The van der Waals surface area contributed by atoms with E-state index in [9.17, 15) is 14.7 Å². The lowest BCUT2D eigenvalue weighted by atomic mass is 9.98. The number of benzene rings is 2. The van der Waals surface area contributed by atoms with Gasteiger partial charge in [-0.05, 0) is 29.3 Å². The minimum absolute atomic E-state index is 0.0417. The maximum Gasteiger partial charge on any atom is 0.337 e. The molecule has 0 unspecified atom stereocenters. The fraction of sp³-hybridized carbons (Fsp3) is 0.0667. The Morgan fingerprint density at radius 3 is 2.30 bits per heavy atom. The zero-order chi connectivity index (χ0) is 14.7. The Balaban J connectivity index is 2.50. The number of aromatic carboxylic acids is 1. The predicted octanol–water partition coefficient (Wildman–Crippen LogP) is 3.49. The molecule has 1 N–H and O–H groups in total. The monoisotopic (exact) mass is 290 g/mol. The number of halogens is 1. The molecule has 0 spiro atoms. The Labute approximate surface area is 120 Å². The zero-order valence-corrected chi connectivity index (χ0v) is 11.3. The number of methoxy groups -OCH3 is 1. The highest BCUT2D eigenvalue weighted by molar-refractivity contribution is 6.34. The van der Waals surface area contributed by atoms with Crippen LogP contribution in [-0.4, -0.2) is 24.2 Å². The normalized spacial score (nSPS) is 10.1. The van der Waals surface area contributed by atoms with Crippen LogP contribution in [0.25, 0.3) is 11.1 Å². The third kappa shape index (κ3) is 2.65. The number of carbonyl (C=O) groups excluding carboxylic acids is 1. The van der Waals surface area contributed by atoms with Crippen LogP contribution >= 0.6 is 11.6 Å². The van der Waals surface area contributed by atoms with Gasteiger partial charge in [-0.25, -0.2) is 9.59 Å². The van der Waals surface area contributed by atoms with E-state index in [1.54, 1.807) is 36.4 Å². The number of carboxylic acid groups (broad SMARTS) is 1. The van der Waals surface area contributed by atoms with Gasteiger partial charge in [0.25, 0.3) is 0 Å². The summed E-state index contributed by atoms with van der Waals surface area (Å²) in [7, 11) is 1.30. The van der Waals surface area contributed by atoms with Gasteiger partial charge in [0.2, 0.25) is 0 Å². The summed E-state index contributed by atoms with van der Waals surface area (Å²) < 4.78 is 4.61. The summed E-state index contributed by atoms with van der Waals surface area (Å²) in [4.78, 5) is 22.6. The summed E-state index contributed by atoms with van der Waals surface area (Å²) in [6, 6.07) is 11.3. The molecule has 0 amide bonds. The van der Waals surface area contributed by atoms with Crippen LogP contribution in [0.5, 0.6) is 0 Å². The van der Waals surface area contributed by atoms with Gasteiger partial charge in [-0.15, -0.1) is 0 Å². The topological polar surface area (TPSA) is 63.6 Å². The lowest BCUT2D eigenvalue weighted by Crippen LogP contribution is -2.02. The van der Waals surface area contributed by atoms with Gasteiger partial charge in [0, 0.05) is 0 Å². The number of rotatable bonds is 3. The van der Waals surface area contributed by atoms with E-state index in [0.717, 1.165) is 0 Å². The van der Waals surface area contributed by atoms with Crippen LogP contribution in [0.2, 0.25) is 5.02 Å². The largest absolute Gasteiger partial charge is 0.478 e. The van der Waals surface area contributed by atoms with E-state index in [-0.39, 0.29) is 10.6 Å². The second-order valence-electron chi connectivity index (χ2n) is 4.04. The first-order valence-electron chi connectivity index (χ1n) is 5.75. The Hall–Kier alpha value is -2.33. The molecule has 0 heterocycles. The van der Waals surface area contributed by atoms with Crippen LogP contribution in [0.4, 0.5) is 0 Å². The fourth-order valence-corrected chi connectivity index (χ4v) is 2.14. The molecule has 0 aliphatic carbocycles. The van der Waals surface area contributed by atoms with Gasteiger partial charge < -0.3 is 9.84 Å². The first-order chi connectivity index (χ1) is 9.54. The molecule has 20 heavy (non-hydrogen) atoms. The smallest absolute Gasteiger partial charge is 0.337 e. The van der Waals surface area contributed by atoms with Gasteiger partial charge in [-0.2, -0.15) is 0 Å². The lowest BCUT2D eigenvalue weighted by Gasteiger charge is -2.08. The molecule has 0 radical (unpaired) electrons. The van der Waals surface area contributed by atoms with E-state index in [1.165, 1.54) is 13.2 Å². The summed E-state index contributed by atoms with van der Waals surface area (Å²) in [6.45, 7) is 0. The van der Waals surface area contributed by atoms with Gasteiger partial charge in [0.15, 0.2) is 0 Å². The minimum atomic E-state index is -1.09. The predicted molar refractivity (Wildman–Crippen MR) is 75.2 cm³/mol. The van der Waals surface area contributed by atoms with Crippen molar-refractivity contribution in [2.75, 3.05) is 7.11 Å². The zero-order valence-electron chi connectivity index (χ0n) is 10.6. The number of hydrogen-bond acceptors (Lipinski definition) is 3. The van der Waals surface area contributed by atoms with E-state index in [0.29, 0.717) is 16.7 Å².